The number of benzene rings is 1. The van der Waals surface area contributed by atoms with E-state index in [1.807, 2.05) is 6.92 Å². The molecular weight excluding hydrogens is 244 g/mol. The van der Waals surface area contributed by atoms with E-state index in [1.165, 1.54) is 6.07 Å². The van der Waals surface area contributed by atoms with E-state index >= 15 is 0 Å². The van der Waals surface area contributed by atoms with Crippen LogP contribution in [0.1, 0.15) is 19.8 Å². The molecule has 0 heterocycles. The minimum Gasteiger partial charge on any atom is -0.327 e. The molecule has 94 valence electrons. The lowest BCUT2D eigenvalue weighted by Crippen LogP contribution is -2.29. The Kier molecular flexibility index (Phi) is 3.58. The highest BCUT2D eigenvalue weighted by atomic mass is 32.2. The molecule has 0 radical (unpaired) electrons. The first-order valence-electron chi connectivity index (χ1n) is 5.62. The van der Waals surface area contributed by atoms with Crippen LogP contribution >= 0.6 is 0 Å². The Morgan fingerprint density at radius 2 is 2.06 bits per heavy atom. The van der Waals surface area contributed by atoms with Gasteiger partial charge in [-0.2, -0.15) is 0 Å². The van der Waals surface area contributed by atoms with Crippen LogP contribution in [0.4, 0.5) is 8.78 Å². The number of nitrogens with two attached hydrogens (primary N) is 1. The monoisotopic (exact) mass is 259 g/mol. The summed E-state index contributed by atoms with van der Waals surface area (Å²) in [6.07, 6.45) is 1.53. The van der Waals surface area contributed by atoms with Crippen LogP contribution in [-0.4, -0.2) is 15.5 Å². The van der Waals surface area contributed by atoms with Crippen molar-refractivity contribution in [3.05, 3.63) is 29.8 Å². The maximum atomic E-state index is 13.5. The van der Waals surface area contributed by atoms with Crippen molar-refractivity contribution >= 4 is 10.8 Å². The van der Waals surface area contributed by atoms with Crippen LogP contribution < -0.4 is 5.73 Å². The van der Waals surface area contributed by atoms with E-state index in [-0.39, 0.29) is 22.1 Å². The molecular formula is C12H15F2NOS. The minimum absolute atomic E-state index is 0.0208. The summed E-state index contributed by atoms with van der Waals surface area (Å²) >= 11 is 0. The molecule has 4 atom stereocenters. The van der Waals surface area contributed by atoms with E-state index < -0.39 is 22.4 Å². The van der Waals surface area contributed by atoms with Gasteiger partial charge in [-0.15, -0.1) is 0 Å². The first-order valence-corrected chi connectivity index (χ1v) is 6.83. The van der Waals surface area contributed by atoms with Crippen LogP contribution in [0, 0.1) is 17.6 Å². The summed E-state index contributed by atoms with van der Waals surface area (Å²) in [4.78, 5) is 0.0809. The van der Waals surface area contributed by atoms with E-state index in [2.05, 4.69) is 0 Å². The predicted octanol–water partition coefficient (Wildman–Crippen LogP) is 2.20. The van der Waals surface area contributed by atoms with Crippen LogP contribution in [0.5, 0.6) is 0 Å². The fourth-order valence-corrected chi connectivity index (χ4v) is 3.98. The van der Waals surface area contributed by atoms with Gasteiger partial charge in [0.1, 0.15) is 11.6 Å². The van der Waals surface area contributed by atoms with Gasteiger partial charge in [0, 0.05) is 17.4 Å². The van der Waals surface area contributed by atoms with Crippen LogP contribution in [0.2, 0.25) is 0 Å². The van der Waals surface area contributed by atoms with Gasteiger partial charge in [0.15, 0.2) is 0 Å². The minimum atomic E-state index is -1.45. The van der Waals surface area contributed by atoms with Gasteiger partial charge in [0.05, 0.1) is 15.7 Å². The van der Waals surface area contributed by atoms with Gasteiger partial charge in [-0.05, 0) is 30.9 Å². The van der Waals surface area contributed by atoms with Crippen molar-refractivity contribution in [1.82, 2.24) is 0 Å². The molecule has 1 saturated carbocycles. The zero-order chi connectivity index (χ0) is 12.6. The molecule has 1 aliphatic rings. The second-order valence-electron chi connectivity index (χ2n) is 4.51. The summed E-state index contributed by atoms with van der Waals surface area (Å²) in [5.74, 6) is -1.30. The maximum Gasteiger partial charge on any atom is 0.142 e. The predicted molar refractivity (Wildman–Crippen MR) is 62.9 cm³/mol. The number of hydrogen-bond donors (Lipinski definition) is 1. The molecule has 2 rings (SSSR count). The second kappa shape index (κ2) is 4.82. The summed E-state index contributed by atoms with van der Waals surface area (Å²) in [5, 5.41) is -0.134. The summed E-state index contributed by atoms with van der Waals surface area (Å²) in [6, 6.07) is 3.19. The Balaban J connectivity index is 2.26. The van der Waals surface area contributed by atoms with E-state index in [0.717, 1.165) is 25.0 Å². The molecule has 1 aliphatic carbocycles. The molecule has 0 amide bonds. The van der Waals surface area contributed by atoms with Crippen molar-refractivity contribution in [3.63, 3.8) is 0 Å². The van der Waals surface area contributed by atoms with Gasteiger partial charge in [-0.3, -0.25) is 4.21 Å². The standard InChI is InChI=1S/C12H15F2NOS/c1-7-10(15)3-5-11(7)17(16)12-4-2-8(13)6-9(12)14/h2,4,6-7,10-11H,3,5,15H2,1H3. The van der Waals surface area contributed by atoms with Gasteiger partial charge < -0.3 is 5.73 Å². The second-order valence-corrected chi connectivity index (χ2v) is 6.15. The number of halogens is 2. The molecule has 0 spiro atoms. The lowest BCUT2D eigenvalue weighted by molar-refractivity contribution is 0.523. The van der Waals surface area contributed by atoms with Crippen LogP contribution in [0.15, 0.2) is 23.1 Å². The SMILES string of the molecule is CC1C(N)CCC1S(=O)c1ccc(F)cc1F. The summed E-state index contributed by atoms with van der Waals surface area (Å²) in [7, 11) is -1.45. The van der Waals surface area contributed by atoms with Crippen LogP contribution in [0.25, 0.3) is 0 Å². The van der Waals surface area contributed by atoms with Gasteiger partial charge in [0.25, 0.3) is 0 Å². The third kappa shape index (κ3) is 2.40. The molecule has 0 aromatic heterocycles. The Labute approximate surface area is 102 Å². The topological polar surface area (TPSA) is 43.1 Å². The average Bonchev–Trinajstić information content (AvgIpc) is 2.59. The lowest BCUT2D eigenvalue weighted by atomic mass is 10.1. The van der Waals surface area contributed by atoms with Gasteiger partial charge >= 0.3 is 0 Å². The van der Waals surface area contributed by atoms with Crippen LogP contribution in [0.3, 0.4) is 0 Å². The molecule has 5 heteroatoms. The average molecular weight is 259 g/mol. The normalized spacial score (nSPS) is 30.5. The van der Waals surface area contributed by atoms with Crippen molar-refractivity contribution in [3.8, 4) is 0 Å². The highest BCUT2D eigenvalue weighted by molar-refractivity contribution is 7.85. The largest absolute Gasteiger partial charge is 0.327 e. The first-order chi connectivity index (χ1) is 8.00. The molecule has 0 saturated heterocycles. The quantitative estimate of drug-likeness (QED) is 0.884. The van der Waals surface area contributed by atoms with Crippen molar-refractivity contribution in [2.24, 2.45) is 11.7 Å². The molecule has 4 unspecified atom stereocenters. The smallest absolute Gasteiger partial charge is 0.142 e. The third-order valence-electron chi connectivity index (χ3n) is 3.43. The summed E-state index contributed by atoms with van der Waals surface area (Å²) in [5.41, 5.74) is 5.86. The van der Waals surface area contributed by atoms with Gasteiger partial charge in [0.2, 0.25) is 0 Å². The molecule has 0 bridgehead atoms. The number of hydrogen-bond acceptors (Lipinski definition) is 2. The van der Waals surface area contributed by atoms with Gasteiger partial charge in [-0.25, -0.2) is 8.78 Å². The molecule has 17 heavy (non-hydrogen) atoms. The molecule has 2 N–H and O–H groups in total. The number of rotatable bonds is 2. The van der Waals surface area contributed by atoms with E-state index in [1.54, 1.807) is 0 Å². The highest BCUT2D eigenvalue weighted by Gasteiger charge is 2.35. The highest BCUT2D eigenvalue weighted by Crippen LogP contribution is 2.32. The van der Waals surface area contributed by atoms with Gasteiger partial charge in [-0.1, -0.05) is 6.92 Å². The summed E-state index contributed by atoms with van der Waals surface area (Å²) in [6.45, 7) is 1.93. The third-order valence-corrected chi connectivity index (χ3v) is 5.41. The molecule has 1 aromatic rings. The Morgan fingerprint density at radius 3 is 2.59 bits per heavy atom. The first kappa shape index (κ1) is 12.6. The van der Waals surface area contributed by atoms with E-state index in [4.69, 9.17) is 5.73 Å². The van der Waals surface area contributed by atoms with Crippen molar-refractivity contribution < 1.29 is 13.0 Å². The molecule has 0 aliphatic heterocycles. The van der Waals surface area contributed by atoms with E-state index in [0.29, 0.717) is 0 Å². The Hall–Kier alpha value is -0.810. The molecule has 1 aromatic carbocycles. The lowest BCUT2D eigenvalue weighted by Gasteiger charge is -2.17. The fourth-order valence-electron chi connectivity index (χ4n) is 2.26. The Bertz CT molecular complexity index is 452. The maximum absolute atomic E-state index is 13.5. The fraction of sp³-hybridized carbons (Fsp3) is 0.500. The molecule has 1 fully saturated rings. The molecule has 2 nitrogen and oxygen atoms in total. The Morgan fingerprint density at radius 1 is 1.35 bits per heavy atom. The van der Waals surface area contributed by atoms with Crippen LogP contribution in [-0.2, 0) is 10.8 Å². The van der Waals surface area contributed by atoms with Crippen molar-refractivity contribution in [1.29, 1.82) is 0 Å². The zero-order valence-electron chi connectivity index (χ0n) is 9.53. The van der Waals surface area contributed by atoms with E-state index in [9.17, 15) is 13.0 Å². The van der Waals surface area contributed by atoms with Crippen molar-refractivity contribution in [2.75, 3.05) is 0 Å². The van der Waals surface area contributed by atoms with Crippen molar-refractivity contribution in [2.45, 2.75) is 36.0 Å². The summed E-state index contributed by atoms with van der Waals surface area (Å²) < 4.78 is 38.5. The zero-order valence-corrected chi connectivity index (χ0v) is 10.3.